The Morgan fingerprint density at radius 3 is 2.16 bits per heavy atom. The van der Waals surface area contributed by atoms with E-state index in [1.54, 1.807) is 0 Å². The highest BCUT2D eigenvalue weighted by Crippen LogP contribution is 2.23. The van der Waals surface area contributed by atoms with Gasteiger partial charge in [0.15, 0.2) is 0 Å². The fourth-order valence-corrected chi connectivity index (χ4v) is 2.85. The molecule has 2 rings (SSSR count). The Hall–Kier alpha value is -0.830. The van der Waals surface area contributed by atoms with Crippen molar-refractivity contribution >= 4 is 27.5 Å². The van der Waals surface area contributed by atoms with Gasteiger partial charge in [-0.05, 0) is 48.6 Å². The second kappa shape index (κ2) is 7.09. The first kappa shape index (κ1) is 14.6. The van der Waals surface area contributed by atoms with Crippen LogP contribution in [-0.2, 0) is 12.8 Å². The van der Waals surface area contributed by atoms with Crippen LogP contribution in [0.2, 0.25) is 5.02 Å². The highest BCUT2D eigenvalue weighted by molar-refractivity contribution is 9.10. The Labute approximate surface area is 127 Å². The molecule has 1 unspecified atom stereocenters. The molecule has 2 aromatic rings. The number of nitrogens with two attached hydrogens (primary N) is 1. The third-order valence-electron chi connectivity index (χ3n) is 3.27. The van der Waals surface area contributed by atoms with Crippen LogP contribution >= 0.6 is 27.5 Å². The molecule has 1 atom stereocenters. The quantitative estimate of drug-likeness (QED) is 0.855. The predicted octanol–water partition coefficient (Wildman–Crippen LogP) is 4.46. The average molecular weight is 339 g/mol. The molecule has 2 aromatic carbocycles. The van der Waals surface area contributed by atoms with Crippen LogP contribution in [-0.4, -0.2) is 6.54 Å². The molecule has 0 aliphatic heterocycles. The molecule has 0 bridgehead atoms. The van der Waals surface area contributed by atoms with Crippen LogP contribution < -0.4 is 5.73 Å². The normalized spacial score (nSPS) is 12.4. The predicted molar refractivity (Wildman–Crippen MR) is 85.5 cm³/mol. The smallest absolute Gasteiger partial charge is 0.0438 e. The molecule has 0 saturated carbocycles. The molecule has 0 aromatic heterocycles. The van der Waals surface area contributed by atoms with Gasteiger partial charge in [-0.1, -0.05) is 63.9 Å². The van der Waals surface area contributed by atoms with Crippen LogP contribution in [0, 0.1) is 5.92 Å². The summed E-state index contributed by atoms with van der Waals surface area (Å²) in [5, 5.41) is 0.827. The van der Waals surface area contributed by atoms with E-state index in [9.17, 15) is 0 Å². The summed E-state index contributed by atoms with van der Waals surface area (Å²) in [6.07, 6.45) is 1.88. The van der Waals surface area contributed by atoms with Gasteiger partial charge in [-0.15, -0.1) is 0 Å². The average Bonchev–Trinajstić information content (AvgIpc) is 2.42. The van der Waals surface area contributed by atoms with E-state index in [0.29, 0.717) is 12.5 Å². The van der Waals surface area contributed by atoms with Gasteiger partial charge in [0.05, 0.1) is 0 Å². The minimum absolute atomic E-state index is 0.401. The lowest BCUT2D eigenvalue weighted by molar-refractivity contribution is 0.532. The minimum atomic E-state index is 0.401. The maximum absolute atomic E-state index is 6.21. The zero-order valence-corrected chi connectivity index (χ0v) is 13.0. The van der Waals surface area contributed by atoms with Crippen molar-refractivity contribution in [2.75, 3.05) is 6.54 Å². The van der Waals surface area contributed by atoms with E-state index < -0.39 is 0 Å². The molecule has 0 aliphatic carbocycles. The van der Waals surface area contributed by atoms with Crippen LogP contribution in [0.3, 0.4) is 0 Å². The lowest BCUT2D eigenvalue weighted by atomic mass is 9.92. The molecule has 3 heteroatoms. The van der Waals surface area contributed by atoms with E-state index in [2.05, 4.69) is 40.2 Å². The third kappa shape index (κ3) is 4.07. The number of benzene rings is 2. The molecule has 0 saturated heterocycles. The molecule has 0 radical (unpaired) electrons. The Kier molecular flexibility index (Phi) is 5.44. The Balaban J connectivity index is 2.09. The van der Waals surface area contributed by atoms with Gasteiger partial charge < -0.3 is 5.73 Å². The highest BCUT2D eigenvalue weighted by Gasteiger charge is 2.12. The first-order valence-electron chi connectivity index (χ1n) is 6.37. The molecule has 1 nitrogen and oxygen atoms in total. The van der Waals surface area contributed by atoms with Crippen molar-refractivity contribution in [3.05, 3.63) is 69.2 Å². The second-order valence-corrected chi connectivity index (χ2v) is 5.95. The summed E-state index contributed by atoms with van der Waals surface area (Å²) in [5.41, 5.74) is 8.38. The van der Waals surface area contributed by atoms with E-state index in [1.165, 1.54) is 11.1 Å². The summed E-state index contributed by atoms with van der Waals surface area (Å²) < 4.78 is 1.15. The minimum Gasteiger partial charge on any atom is -0.330 e. The molecule has 0 amide bonds. The van der Waals surface area contributed by atoms with E-state index in [0.717, 1.165) is 22.3 Å². The summed E-state index contributed by atoms with van der Waals surface area (Å²) in [5.74, 6) is 0.401. The van der Waals surface area contributed by atoms with Gasteiger partial charge in [0.2, 0.25) is 0 Å². The van der Waals surface area contributed by atoms with Crippen LogP contribution in [0.5, 0.6) is 0 Å². The Morgan fingerprint density at radius 1 is 0.947 bits per heavy atom. The van der Waals surface area contributed by atoms with Gasteiger partial charge in [-0.3, -0.25) is 0 Å². The summed E-state index contributed by atoms with van der Waals surface area (Å²) in [6, 6.07) is 16.3. The number of halogens is 2. The SMILES string of the molecule is NCC(Cc1ccccc1Cl)Cc1ccccc1Br. The summed E-state index contributed by atoms with van der Waals surface area (Å²) in [4.78, 5) is 0. The topological polar surface area (TPSA) is 26.0 Å². The van der Waals surface area contributed by atoms with Crippen LogP contribution in [0.1, 0.15) is 11.1 Å². The van der Waals surface area contributed by atoms with Gasteiger partial charge in [0, 0.05) is 9.50 Å². The summed E-state index contributed by atoms with van der Waals surface area (Å²) in [7, 11) is 0. The van der Waals surface area contributed by atoms with E-state index >= 15 is 0 Å². The van der Waals surface area contributed by atoms with Crippen molar-refractivity contribution in [1.82, 2.24) is 0 Å². The lowest BCUT2D eigenvalue weighted by Crippen LogP contribution is -2.19. The first-order chi connectivity index (χ1) is 9.20. The van der Waals surface area contributed by atoms with E-state index in [1.807, 2.05) is 24.3 Å². The third-order valence-corrected chi connectivity index (χ3v) is 4.41. The number of hydrogen-bond acceptors (Lipinski definition) is 1. The number of rotatable bonds is 5. The molecule has 0 aliphatic rings. The fourth-order valence-electron chi connectivity index (χ4n) is 2.19. The summed E-state index contributed by atoms with van der Waals surface area (Å²) in [6.45, 7) is 0.659. The standard InChI is InChI=1S/C16H17BrClN/c17-15-7-3-1-5-13(15)9-12(11-19)10-14-6-2-4-8-16(14)18/h1-8,12H,9-11,19H2. The summed E-state index contributed by atoms with van der Waals surface area (Å²) >= 11 is 9.80. The van der Waals surface area contributed by atoms with Gasteiger partial charge in [-0.2, -0.15) is 0 Å². The van der Waals surface area contributed by atoms with Crippen LogP contribution in [0.15, 0.2) is 53.0 Å². The van der Waals surface area contributed by atoms with E-state index in [-0.39, 0.29) is 0 Å². The molecule has 2 N–H and O–H groups in total. The monoisotopic (exact) mass is 337 g/mol. The fraction of sp³-hybridized carbons (Fsp3) is 0.250. The molecule has 100 valence electrons. The van der Waals surface area contributed by atoms with Gasteiger partial charge in [0.1, 0.15) is 0 Å². The molecule has 19 heavy (non-hydrogen) atoms. The van der Waals surface area contributed by atoms with Gasteiger partial charge in [-0.25, -0.2) is 0 Å². The highest BCUT2D eigenvalue weighted by atomic mass is 79.9. The maximum atomic E-state index is 6.21. The van der Waals surface area contributed by atoms with Crippen molar-refractivity contribution in [3.63, 3.8) is 0 Å². The zero-order chi connectivity index (χ0) is 13.7. The second-order valence-electron chi connectivity index (χ2n) is 4.69. The van der Waals surface area contributed by atoms with Crippen molar-refractivity contribution in [1.29, 1.82) is 0 Å². The zero-order valence-electron chi connectivity index (χ0n) is 10.7. The first-order valence-corrected chi connectivity index (χ1v) is 7.54. The molecular weight excluding hydrogens is 322 g/mol. The van der Waals surface area contributed by atoms with Crippen molar-refractivity contribution in [3.8, 4) is 0 Å². The number of hydrogen-bond donors (Lipinski definition) is 1. The van der Waals surface area contributed by atoms with Crippen molar-refractivity contribution in [2.45, 2.75) is 12.8 Å². The van der Waals surface area contributed by atoms with Crippen LogP contribution in [0.25, 0.3) is 0 Å². The largest absolute Gasteiger partial charge is 0.330 e. The molecule has 0 fully saturated rings. The Morgan fingerprint density at radius 2 is 1.53 bits per heavy atom. The van der Waals surface area contributed by atoms with Gasteiger partial charge in [0.25, 0.3) is 0 Å². The van der Waals surface area contributed by atoms with Crippen molar-refractivity contribution < 1.29 is 0 Å². The Bertz CT molecular complexity index is 494. The molecule has 0 spiro atoms. The van der Waals surface area contributed by atoms with Crippen molar-refractivity contribution in [2.24, 2.45) is 11.7 Å². The van der Waals surface area contributed by atoms with Crippen LogP contribution in [0.4, 0.5) is 0 Å². The lowest BCUT2D eigenvalue weighted by Gasteiger charge is -2.16. The molecule has 0 heterocycles. The van der Waals surface area contributed by atoms with Gasteiger partial charge >= 0.3 is 0 Å². The maximum Gasteiger partial charge on any atom is 0.0438 e. The molecular formula is C16H17BrClN. The van der Waals surface area contributed by atoms with E-state index in [4.69, 9.17) is 17.3 Å².